The first-order chi connectivity index (χ1) is 7.74. The quantitative estimate of drug-likeness (QED) is 0.331. The number of unbranched alkanes of at least 4 members (excludes halogenated alkanes) is 4. The third kappa shape index (κ3) is 6.89. The molecule has 0 saturated carbocycles. The van der Waals surface area contributed by atoms with Gasteiger partial charge in [-0.15, -0.1) is 0 Å². The van der Waals surface area contributed by atoms with Crippen LogP contribution in [0.4, 0.5) is 0 Å². The summed E-state index contributed by atoms with van der Waals surface area (Å²) in [4.78, 5) is 0. The van der Waals surface area contributed by atoms with Crippen LogP contribution >= 0.6 is 7.26 Å². The molecular weight excluding hydrogens is 211 g/mol. The van der Waals surface area contributed by atoms with Crippen molar-refractivity contribution in [1.29, 1.82) is 0 Å². The predicted octanol–water partition coefficient (Wildman–Crippen LogP) is 5.55. The van der Waals surface area contributed by atoms with Crippen molar-refractivity contribution in [2.75, 3.05) is 24.6 Å². The van der Waals surface area contributed by atoms with Crippen LogP contribution in [0.3, 0.4) is 0 Å². The Hall–Kier alpha value is 0.430. The molecule has 0 nitrogen and oxygen atoms in total. The van der Waals surface area contributed by atoms with E-state index in [1.165, 1.54) is 51.1 Å². The normalized spacial score (nSPS) is 13.0. The standard InChI is InChI=1S/C15H35P/c1-5-9-11-12-15-16(8-4,13-7-3)14-10-6-2/h16H,5-15H2,1-4H3. The van der Waals surface area contributed by atoms with Crippen molar-refractivity contribution in [3.05, 3.63) is 0 Å². The van der Waals surface area contributed by atoms with Crippen LogP contribution in [-0.2, 0) is 0 Å². The molecule has 0 heterocycles. The average molecular weight is 246 g/mol. The van der Waals surface area contributed by atoms with Gasteiger partial charge >= 0.3 is 105 Å². The van der Waals surface area contributed by atoms with E-state index in [1.807, 2.05) is 0 Å². The Morgan fingerprint density at radius 2 is 1.19 bits per heavy atom. The monoisotopic (exact) mass is 246 g/mol. The van der Waals surface area contributed by atoms with Gasteiger partial charge in [-0.25, -0.2) is 0 Å². The van der Waals surface area contributed by atoms with Crippen molar-refractivity contribution in [3.8, 4) is 0 Å². The molecule has 0 saturated heterocycles. The van der Waals surface area contributed by atoms with E-state index < -0.39 is 7.26 Å². The second-order valence-corrected chi connectivity index (χ2v) is 10.7. The molecular formula is C15H35P. The van der Waals surface area contributed by atoms with Crippen LogP contribution in [0.15, 0.2) is 0 Å². The van der Waals surface area contributed by atoms with E-state index in [-0.39, 0.29) is 0 Å². The number of hydrogen-bond donors (Lipinski definition) is 0. The van der Waals surface area contributed by atoms with Gasteiger partial charge in [0.05, 0.1) is 0 Å². The molecule has 1 heteroatoms. The van der Waals surface area contributed by atoms with Gasteiger partial charge in [-0.05, 0) is 0 Å². The summed E-state index contributed by atoms with van der Waals surface area (Å²) in [5, 5.41) is 0. The van der Waals surface area contributed by atoms with E-state index >= 15 is 0 Å². The van der Waals surface area contributed by atoms with Gasteiger partial charge in [0.15, 0.2) is 0 Å². The van der Waals surface area contributed by atoms with E-state index in [0.717, 1.165) is 0 Å². The van der Waals surface area contributed by atoms with Gasteiger partial charge < -0.3 is 0 Å². The molecule has 0 aliphatic rings. The van der Waals surface area contributed by atoms with Crippen LogP contribution < -0.4 is 0 Å². The van der Waals surface area contributed by atoms with E-state index in [9.17, 15) is 0 Å². The summed E-state index contributed by atoms with van der Waals surface area (Å²) in [6.07, 6.45) is 16.5. The molecule has 0 aliphatic carbocycles. The molecule has 0 aromatic carbocycles. The molecule has 0 bridgehead atoms. The zero-order valence-corrected chi connectivity index (χ0v) is 13.3. The summed E-state index contributed by atoms with van der Waals surface area (Å²) < 4.78 is 0. The van der Waals surface area contributed by atoms with Crippen molar-refractivity contribution >= 4 is 7.26 Å². The molecule has 0 spiro atoms. The van der Waals surface area contributed by atoms with Crippen molar-refractivity contribution in [2.45, 2.75) is 72.6 Å². The van der Waals surface area contributed by atoms with Crippen molar-refractivity contribution < 1.29 is 0 Å². The molecule has 0 atom stereocenters. The third-order valence-electron chi connectivity index (χ3n) is 4.15. The van der Waals surface area contributed by atoms with Crippen LogP contribution in [0.1, 0.15) is 72.6 Å². The molecule has 0 aromatic rings. The zero-order valence-electron chi connectivity index (χ0n) is 12.3. The Labute approximate surface area is 105 Å². The van der Waals surface area contributed by atoms with E-state index in [2.05, 4.69) is 27.7 Å². The van der Waals surface area contributed by atoms with Crippen LogP contribution in [0, 0.1) is 0 Å². The minimum absolute atomic E-state index is 0.840. The van der Waals surface area contributed by atoms with E-state index in [1.54, 1.807) is 18.5 Å². The summed E-state index contributed by atoms with van der Waals surface area (Å²) in [6.45, 7) is 9.51. The van der Waals surface area contributed by atoms with Crippen LogP contribution in [0.2, 0.25) is 0 Å². The topological polar surface area (TPSA) is 0 Å². The predicted molar refractivity (Wildman–Crippen MR) is 82.8 cm³/mol. The Bertz CT molecular complexity index is 144. The Morgan fingerprint density at radius 3 is 1.69 bits per heavy atom. The molecule has 0 fully saturated rings. The van der Waals surface area contributed by atoms with Gasteiger partial charge in [0.25, 0.3) is 0 Å². The van der Waals surface area contributed by atoms with Gasteiger partial charge in [0.2, 0.25) is 0 Å². The Kier molecular flexibility index (Phi) is 10.9. The molecule has 0 amide bonds. The summed E-state index contributed by atoms with van der Waals surface area (Å²) in [5.74, 6) is 0. The Morgan fingerprint density at radius 1 is 0.562 bits per heavy atom. The van der Waals surface area contributed by atoms with Crippen LogP contribution in [-0.4, -0.2) is 24.6 Å². The number of hydrogen-bond acceptors (Lipinski definition) is 0. The number of rotatable bonds is 11. The van der Waals surface area contributed by atoms with Gasteiger partial charge in [-0.2, -0.15) is 0 Å². The minimum atomic E-state index is -0.840. The van der Waals surface area contributed by atoms with Crippen molar-refractivity contribution in [3.63, 3.8) is 0 Å². The Balaban J connectivity index is 4.04. The fourth-order valence-corrected chi connectivity index (χ4v) is 7.89. The van der Waals surface area contributed by atoms with Gasteiger partial charge in [0, 0.05) is 0 Å². The summed E-state index contributed by atoms with van der Waals surface area (Å²) in [6, 6.07) is 0. The van der Waals surface area contributed by atoms with Crippen LogP contribution in [0.5, 0.6) is 0 Å². The van der Waals surface area contributed by atoms with Gasteiger partial charge in [-0.1, -0.05) is 0 Å². The molecule has 0 aliphatic heterocycles. The molecule has 0 rings (SSSR count). The van der Waals surface area contributed by atoms with Crippen LogP contribution in [0.25, 0.3) is 0 Å². The summed E-state index contributed by atoms with van der Waals surface area (Å²) in [7, 11) is -0.840. The van der Waals surface area contributed by atoms with Gasteiger partial charge in [-0.3, -0.25) is 0 Å². The molecule has 0 unspecified atom stereocenters. The SMILES string of the molecule is CCCCCC[PH](CC)(CCC)CCCC. The molecule has 0 aromatic heterocycles. The van der Waals surface area contributed by atoms with E-state index in [0.29, 0.717) is 0 Å². The first-order valence-electron chi connectivity index (χ1n) is 7.74. The first-order valence-corrected chi connectivity index (χ1v) is 10.6. The fraction of sp³-hybridized carbons (Fsp3) is 1.00. The first kappa shape index (κ1) is 16.4. The average Bonchev–Trinajstić information content (AvgIpc) is 2.31. The van der Waals surface area contributed by atoms with E-state index in [4.69, 9.17) is 0 Å². The van der Waals surface area contributed by atoms with Crippen molar-refractivity contribution in [1.82, 2.24) is 0 Å². The molecule has 0 radical (unpaired) electrons. The third-order valence-corrected chi connectivity index (χ3v) is 10.0. The maximum absolute atomic E-state index is 2.47. The zero-order chi connectivity index (χ0) is 12.3. The maximum atomic E-state index is 2.47. The molecule has 16 heavy (non-hydrogen) atoms. The van der Waals surface area contributed by atoms with Gasteiger partial charge in [0.1, 0.15) is 0 Å². The second kappa shape index (κ2) is 10.6. The summed E-state index contributed by atoms with van der Waals surface area (Å²) in [5.41, 5.74) is 0. The fourth-order valence-electron chi connectivity index (χ4n) is 2.91. The molecule has 0 N–H and O–H groups in total. The summed E-state index contributed by atoms with van der Waals surface area (Å²) >= 11 is 0. The molecule has 100 valence electrons. The van der Waals surface area contributed by atoms with Crippen molar-refractivity contribution in [2.24, 2.45) is 0 Å². The second-order valence-electron chi connectivity index (χ2n) is 5.52.